The summed E-state index contributed by atoms with van der Waals surface area (Å²) in [5.41, 5.74) is 2.66. The minimum absolute atomic E-state index is 0.0809. The van der Waals surface area contributed by atoms with Crippen molar-refractivity contribution >= 4 is 17.1 Å². The fourth-order valence-corrected chi connectivity index (χ4v) is 2.99. The number of nitrogens with zero attached hydrogens (tertiary/aromatic N) is 4. The van der Waals surface area contributed by atoms with Crippen LogP contribution in [0.1, 0.15) is 26.7 Å². The molecule has 0 fully saturated rings. The molecular formula is C19H23N5O. The molecule has 0 spiro atoms. The van der Waals surface area contributed by atoms with Crippen molar-refractivity contribution in [1.29, 1.82) is 0 Å². The molecule has 3 rings (SSSR count). The first kappa shape index (κ1) is 17.1. The summed E-state index contributed by atoms with van der Waals surface area (Å²) in [5, 5.41) is 3.04. The highest BCUT2D eigenvalue weighted by molar-refractivity contribution is 5.79. The Labute approximate surface area is 147 Å². The van der Waals surface area contributed by atoms with Crippen LogP contribution in [0.2, 0.25) is 0 Å². The van der Waals surface area contributed by atoms with Gasteiger partial charge >= 0.3 is 0 Å². The van der Waals surface area contributed by atoms with Crippen LogP contribution >= 0.6 is 0 Å². The molecule has 6 heteroatoms. The fraction of sp³-hybridized carbons (Fsp3) is 0.368. The summed E-state index contributed by atoms with van der Waals surface area (Å²) in [5.74, 6) is 1.04. The Morgan fingerprint density at radius 2 is 1.92 bits per heavy atom. The summed E-state index contributed by atoms with van der Waals surface area (Å²) >= 11 is 0. The smallest absolute Gasteiger partial charge is 0.223 e. The molecule has 1 amide bonds. The summed E-state index contributed by atoms with van der Waals surface area (Å²) in [6.07, 6.45) is 6.99. The molecule has 6 nitrogen and oxygen atoms in total. The van der Waals surface area contributed by atoms with Crippen LogP contribution in [0.3, 0.4) is 0 Å². The quantitative estimate of drug-likeness (QED) is 0.719. The van der Waals surface area contributed by atoms with E-state index in [1.807, 2.05) is 38.1 Å². The number of rotatable bonds is 7. The summed E-state index contributed by atoms with van der Waals surface area (Å²) in [6, 6.07) is 7.69. The Hall–Kier alpha value is -2.76. The van der Waals surface area contributed by atoms with E-state index in [0.717, 1.165) is 35.4 Å². The van der Waals surface area contributed by atoms with Gasteiger partial charge in [-0.1, -0.05) is 13.8 Å². The predicted octanol–water partition coefficient (Wildman–Crippen LogP) is 3.05. The van der Waals surface area contributed by atoms with Gasteiger partial charge < -0.3 is 9.88 Å². The van der Waals surface area contributed by atoms with E-state index in [1.54, 1.807) is 18.6 Å². The van der Waals surface area contributed by atoms with Crippen LogP contribution in [0, 0.1) is 5.92 Å². The van der Waals surface area contributed by atoms with Crippen molar-refractivity contribution in [3.05, 3.63) is 42.9 Å². The van der Waals surface area contributed by atoms with Gasteiger partial charge in [-0.15, -0.1) is 0 Å². The molecule has 0 bridgehead atoms. The minimum Gasteiger partial charge on any atom is -0.354 e. The second-order valence-corrected chi connectivity index (χ2v) is 5.97. The van der Waals surface area contributed by atoms with Crippen LogP contribution in [0.5, 0.6) is 0 Å². The number of amides is 1. The molecule has 0 aliphatic heterocycles. The number of nitrogens with one attached hydrogen (secondary N) is 1. The zero-order valence-corrected chi connectivity index (χ0v) is 14.6. The standard InChI is InChI=1S/C19H23N5O/c1-3-14(4-2)19(25)22-12-13-24-17(15-7-10-20-11-8-15)23-16-6-5-9-21-18(16)24/h5-11,14H,3-4,12-13H2,1-2H3,(H,22,25). The number of imidazole rings is 1. The van der Waals surface area contributed by atoms with Crippen LogP contribution in [-0.2, 0) is 11.3 Å². The maximum Gasteiger partial charge on any atom is 0.223 e. The maximum absolute atomic E-state index is 12.2. The van der Waals surface area contributed by atoms with Crippen LogP contribution < -0.4 is 5.32 Å². The van der Waals surface area contributed by atoms with Gasteiger partial charge in [-0.3, -0.25) is 9.78 Å². The summed E-state index contributed by atoms with van der Waals surface area (Å²) in [7, 11) is 0. The topological polar surface area (TPSA) is 72.7 Å². The SMILES string of the molecule is CCC(CC)C(=O)NCCn1c(-c2ccncc2)nc2cccnc21. The van der Waals surface area contributed by atoms with Gasteiger partial charge in [-0.05, 0) is 37.1 Å². The Kier molecular flexibility index (Phi) is 5.38. The lowest BCUT2D eigenvalue weighted by molar-refractivity contribution is -0.125. The third-order valence-corrected chi connectivity index (χ3v) is 4.43. The number of hydrogen-bond acceptors (Lipinski definition) is 4. The summed E-state index contributed by atoms with van der Waals surface area (Å²) < 4.78 is 2.05. The zero-order valence-electron chi connectivity index (χ0n) is 14.6. The minimum atomic E-state index is 0.0809. The van der Waals surface area contributed by atoms with Crippen LogP contribution in [0.15, 0.2) is 42.9 Å². The highest BCUT2D eigenvalue weighted by Gasteiger charge is 2.16. The zero-order chi connectivity index (χ0) is 17.6. The van der Waals surface area contributed by atoms with E-state index >= 15 is 0 Å². The fourth-order valence-electron chi connectivity index (χ4n) is 2.99. The highest BCUT2D eigenvalue weighted by atomic mass is 16.1. The van der Waals surface area contributed by atoms with Gasteiger partial charge in [-0.2, -0.15) is 0 Å². The first-order chi connectivity index (χ1) is 12.2. The van der Waals surface area contributed by atoms with Gasteiger partial charge in [-0.25, -0.2) is 9.97 Å². The summed E-state index contributed by atoms with van der Waals surface area (Å²) in [6.45, 7) is 5.26. The Morgan fingerprint density at radius 3 is 2.64 bits per heavy atom. The molecule has 0 aromatic carbocycles. The number of carbonyl (C=O) groups excluding carboxylic acids is 1. The van der Waals surface area contributed by atoms with Crippen molar-refractivity contribution < 1.29 is 4.79 Å². The first-order valence-corrected chi connectivity index (χ1v) is 8.74. The third kappa shape index (κ3) is 3.68. The van der Waals surface area contributed by atoms with Crippen molar-refractivity contribution in [2.24, 2.45) is 5.92 Å². The van der Waals surface area contributed by atoms with Crippen molar-refractivity contribution in [2.75, 3.05) is 6.54 Å². The third-order valence-electron chi connectivity index (χ3n) is 4.43. The van der Waals surface area contributed by atoms with E-state index in [2.05, 4.69) is 19.9 Å². The lowest BCUT2D eigenvalue weighted by Gasteiger charge is -2.14. The Balaban J connectivity index is 1.84. The number of aromatic nitrogens is 4. The van der Waals surface area contributed by atoms with Crippen molar-refractivity contribution in [2.45, 2.75) is 33.2 Å². The number of pyridine rings is 2. The Bertz CT molecular complexity index is 839. The molecular weight excluding hydrogens is 314 g/mol. The van der Waals surface area contributed by atoms with E-state index in [4.69, 9.17) is 4.98 Å². The van der Waals surface area contributed by atoms with Crippen LogP contribution in [0.25, 0.3) is 22.6 Å². The predicted molar refractivity (Wildman–Crippen MR) is 97.8 cm³/mol. The molecule has 0 atom stereocenters. The van der Waals surface area contributed by atoms with Crippen molar-refractivity contribution in [3.8, 4) is 11.4 Å². The molecule has 3 aromatic rings. The van der Waals surface area contributed by atoms with E-state index in [1.165, 1.54) is 0 Å². The van der Waals surface area contributed by atoms with Gasteiger partial charge in [0.25, 0.3) is 0 Å². The van der Waals surface area contributed by atoms with Crippen LogP contribution in [0.4, 0.5) is 0 Å². The van der Waals surface area contributed by atoms with E-state index in [9.17, 15) is 4.79 Å². The van der Waals surface area contributed by atoms with Gasteiger partial charge in [0.2, 0.25) is 5.91 Å². The van der Waals surface area contributed by atoms with Gasteiger partial charge in [0.15, 0.2) is 5.65 Å². The van der Waals surface area contributed by atoms with E-state index in [-0.39, 0.29) is 11.8 Å². The largest absolute Gasteiger partial charge is 0.354 e. The second-order valence-electron chi connectivity index (χ2n) is 5.97. The van der Waals surface area contributed by atoms with Gasteiger partial charge in [0.1, 0.15) is 11.3 Å². The van der Waals surface area contributed by atoms with E-state index < -0.39 is 0 Å². The highest BCUT2D eigenvalue weighted by Crippen LogP contribution is 2.22. The molecule has 130 valence electrons. The average molecular weight is 337 g/mol. The van der Waals surface area contributed by atoms with Gasteiger partial charge in [0, 0.05) is 43.2 Å². The normalized spacial score (nSPS) is 11.2. The van der Waals surface area contributed by atoms with Gasteiger partial charge in [0.05, 0.1) is 0 Å². The second kappa shape index (κ2) is 7.88. The molecule has 0 aliphatic rings. The monoisotopic (exact) mass is 337 g/mol. The van der Waals surface area contributed by atoms with Crippen LogP contribution in [-0.4, -0.2) is 32.0 Å². The number of hydrogen-bond donors (Lipinski definition) is 1. The number of carbonyl (C=O) groups is 1. The molecule has 3 heterocycles. The average Bonchev–Trinajstić information content (AvgIpc) is 3.02. The van der Waals surface area contributed by atoms with E-state index in [0.29, 0.717) is 13.1 Å². The molecule has 0 aliphatic carbocycles. The number of fused-ring (bicyclic) bond motifs is 1. The van der Waals surface area contributed by atoms with Crippen molar-refractivity contribution in [3.63, 3.8) is 0 Å². The molecule has 3 aromatic heterocycles. The summed E-state index contributed by atoms with van der Waals surface area (Å²) in [4.78, 5) is 25.4. The molecule has 25 heavy (non-hydrogen) atoms. The molecule has 0 unspecified atom stereocenters. The lowest BCUT2D eigenvalue weighted by Crippen LogP contribution is -2.32. The molecule has 1 N–H and O–H groups in total. The molecule has 0 saturated heterocycles. The van der Waals surface area contributed by atoms with Crippen molar-refractivity contribution in [1.82, 2.24) is 24.8 Å². The molecule has 0 saturated carbocycles. The lowest BCUT2D eigenvalue weighted by atomic mass is 10.0. The first-order valence-electron chi connectivity index (χ1n) is 8.74. The Morgan fingerprint density at radius 1 is 1.16 bits per heavy atom. The maximum atomic E-state index is 12.2. The molecule has 0 radical (unpaired) electrons.